The Morgan fingerprint density at radius 1 is 1.20 bits per heavy atom. The topological polar surface area (TPSA) is 49.3 Å². The van der Waals surface area contributed by atoms with Crippen LogP contribution in [-0.4, -0.2) is 23.7 Å². The zero-order valence-corrected chi connectivity index (χ0v) is 11.8. The van der Waals surface area contributed by atoms with E-state index in [9.17, 15) is 4.79 Å². The van der Waals surface area contributed by atoms with Crippen molar-refractivity contribution in [3.63, 3.8) is 0 Å². The number of hydrogen-bond donors (Lipinski definition) is 2. The monoisotopic (exact) mass is 271 g/mol. The van der Waals surface area contributed by atoms with Crippen LogP contribution in [0.2, 0.25) is 0 Å². The first-order valence-corrected chi connectivity index (χ1v) is 7.07. The van der Waals surface area contributed by atoms with Gasteiger partial charge in [-0.1, -0.05) is 42.5 Å². The molecule has 0 aromatic heterocycles. The molecular weight excluding hydrogens is 250 g/mol. The summed E-state index contributed by atoms with van der Waals surface area (Å²) in [5.74, 6) is -0.0847. The highest BCUT2D eigenvalue weighted by Crippen LogP contribution is 2.16. The van der Waals surface area contributed by atoms with Crippen molar-refractivity contribution in [1.29, 1.82) is 0 Å². The quantitative estimate of drug-likeness (QED) is 0.794. The van der Waals surface area contributed by atoms with Gasteiger partial charge in [-0.25, -0.2) is 0 Å². The number of amides is 1. The summed E-state index contributed by atoms with van der Waals surface area (Å²) in [4.78, 5) is 11.4. The molecule has 0 fully saturated rings. The maximum Gasteiger partial charge on any atom is 0.222 e. The Morgan fingerprint density at radius 3 is 2.70 bits per heavy atom. The number of nitrogens with one attached hydrogen (secondary N) is 1. The van der Waals surface area contributed by atoms with Gasteiger partial charge in [0.25, 0.3) is 0 Å². The molecule has 0 bridgehead atoms. The number of fused-ring (bicyclic) bond motifs is 1. The van der Waals surface area contributed by atoms with Crippen molar-refractivity contribution in [2.75, 3.05) is 6.54 Å². The van der Waals surface area contributed by atoms with Crippen LogP contribution in [0.3, 0.4) is 0 Å². The van der Waals surface area contributed by atoms with E-state index in [1.165, 1.54) is 16.3 Å². The van der Waals surface area contributed by atoms with E-state index < -0.39 is 6.10 Å². The number of aliphatic hydroxyl groups is 1. The van der Waals surface area contributed by atoms with Crippen LogP contribution < -0.4 is 5.32 Å². The van der Waals surface area contributed by atoms with E-state index >= 15 is 0 Å². The summed E-state index contributed by atoms with van der Waals surface area (Å²) in [7, 11) is 0. The highest BCUT2D eigenvalue weighted by molar-refractivity contribution is 5.83. The number of aryl methyl sites for hydroxylation is 1. The third kappa shape index (κ3) is 4.35. The molecule has 1 atom stereocenters. The molecule has 3 heteroatoms. The first kappa shape index (κ1) is 14.5. The van der Waals surface area contributed by atoms with Gasteiger partial charge in [-0.3, -0.25) is 4.79 Å². The van der Waals surface area contributed by atoms with Crippen molar-refractivity contribution in [3.05, 3.63) is 48.0 Å². The summed E-state index contributed by atoms with van der Waals surface area (Å²) < 4.78 is 0. The lowest BCUT2D eigenvalue weighted by Gasteiger charge is -2.07. The summed E-state index contributed by atoms with van der Waals surface area (Å²) in [6.07, 6.45) is 1.45. The van der Waals surface area contributed by atoms with Gasteiger partial charge in [0.2, 0.25) is 5.91 Å². The second-order valence-electron chi connectivity index (χ2n) is 5.19. The van der Waals surface area contributed by atoms with Gasteiger partial charge >= 0.3 is 0 Å². The molecule has 0 saturated heterocycles. The maximum atomic E-state index is 11.4. The van der Waals surface area contributed by atoms with E-state index in [1.807, 2.05) is 12.1 Å². The van der Waals surface area contributed by atoms with Gasteiger partial charge in [0.1, 0.15) is 0 Å². The van der Waals surface area contributed by atoms with E-state index in [1.54, 1.807) is 6.92 Å². The Balaban J connectivity index is 1.79. The van der Waals surface area contributed by atoms with Crippen LogP contribution in [0.4, 0.5) is 0 Å². The fourth-order valence-electron chi connectivity index (χ4n) is 2.26. The van der Waals surface area contributed by atoms with Gasteiger partial charge in [-0.15, -0.1) is 0 Å². The van der Waals surface area contributed by atoms with Crippen LogP contribution in [0.1, 0.15) is 25.3 Å². The minimum absolute atomic E-state index is 0.0847. The van der Waals surface area contributed by atoms with E-state index in [-0.39, 0.29) is 12.3 Å². The molecule has 1 amide bonds. The van der Waals surface area contributed by atoms with Crippen LogP contribution >= 0.6 is 0 Å². The number of carbonyl (C=O) groups is 1. The second kappa shape index (κ2) is 7.06. The van der Waals surface area contributed by atoms with E-state index in [0.29, 0.717) is 6.54 Å². The minimum atomic E-state index is -0.574. The lowest BCUT2D eigenvalue weighted by atomic mass is 10.0. The van der Waals surface area contributed by atoms with Crippen LogP contribution in [0.25, 0.3) is 10.8 Å². The zero-order chi connectivity index (χ0) is 14.4. The second-order valence-corrected chi connectivity index (χ2v) is 5.19. The number of carbonyl (C=O) groups excluding carboxylic acids is 1. The molecule has 20 heavy (non-hydrogen) atoms. The smallest absolute Gasteiger partial charge is 0.222 e. The Bertz CT molecular complexity index is 578. The van der Waals surface area contributed by atoms with Gasteiger partial charge in [-0.05, 0) is 36.1 Å². The fraction of sp³-hybridized carbons (Fsp3) is 0.353. The van der Waals surface area contributed by atoms with Gasteiger partial charge in [0, 0.05) is 6.54 Å². The number of benzene rings is 2. The molecule has 2 N–H and O–H groups in total. The lowest BCUT2D eigenvalue weighted by Crippen LogP contribution is -2.27. The van der Waals surface area contributed by atoms with Crippen LogP contribution in [-0.2, 0) is 11.2 Å². The largest absolute Gasteiger partial charge is 0.393 e. The molecule has 0 aliphatic carbocycles. The molecule has 106 valence electrons. The molecule has 0 aliphatic heterocycles. The van der Waals surface area contributed by atoms with E-state index in [4.69, 9.17) is 5.11 Å². The fourth-order valence-corrected chi connectivity index (χ4v) is 2.26. The molecule has 2 aromatic rings. The normalized spacial score (nSPS) is 12.3. The predicted molar refractivity (Wildman–Crippen MR) is 81.6 cm³/mol. The Labute approximate surface area is 119 Å². The average Bonchev–Trinajstić information content (AvgIpc) is 2.43. The summed E-state index contributed by atoms with van der Waals surface area (Å²) in [5.41, 5.74) is 1.29. The summed E-state index contributed by atoms with van der Waals surface area (Å²) in [5, 5.41) is 14.4. The zero-order valence-electron chi connectivity index (χ0n) is 11.8. The molecule has 0 spiro atoms. The molecule has 1 unspecified atom stereocenters. The highest BCUT2D eigenvalue weighted by Gasteiger charge is 2.04. The van der Waals surface area contributed by atoms with Gasteiger partial charge in [0.05, 0.1) is 12.5 Å². The molecule has 2 aromatic carbocycles. The molecule has 2 rings (SSSR count). The predicted octanol–water partition coefficient (Wildman–Crippen LogP) is 2.66. The molecular formula is C17H21NO2. The van der Waals surface area contributed by atoms with E-state index in [2.05, 4.69) is 35.6 Å². The number of hydrogen-bond acceptors (Lipinski definition) is 2. The van der Waals surface area contributed by atoms with Crippen LogP contribution in [0.15, 0.2) is 42.5 Å². The maximum absolute atomic E-state index is 11.4. The third-order valence-electron chi connectivity index (χ3n) is 3.26. The summed E-state index contributed by atoms with van der Waals surface area (Å²) in [6, 6.07) is 14.8. The first-order valence-electron chi connectivity index (χ1n) is 7.07. The SMILES string of the molecule is CC(O)CC(=O)NCCCc1ccc2ccccc2c1. The van der Waals surface area contributed by atoms with Gasteiger partial charge in [0.15, 0.2) is 0 Å². The summed E-state index contributed by atoms with van der Waals surface area (Å²) >= 11 is 0. The van der Waals surface area contributed by atoms with Crippen molar-refractivity contribution in [2.24, 2.45) is 0 Å². The average molecular weight is 271 g/mol. The Morgan fingerprint density at radius 2 is 1.95 bits per heavy atom. The molecule has 0 saturated carbocycles. The van der Waals surface area contributed by atoms with Gasteiger partial charge < -0.3 is 10.4 Å². The van der Waals surface area contributed by atoms with Crippen molar-refractivity contribution in [1.82, 2.24) is 5.32 Å². The highest BCUT2D eigenvalue weighted by atomic mass is 16.3. The number of rotatable bonds is 6. The third-order valence-corrected chi connectivity index (χ3v) is 3.26. The molecule has 0 aliphatic rings. The van der Waals surface area contributed by atoms with Crippen LogP contribution in [0.5, 0.6) is 0 Å². The van der Waals surface area contributed by atoms with Crippen molar-refractivity contribution < 1.29 is 9.90 Å². The Kier molecular flexibility index (Phi) is 5.13. The Hall–Kier alpha value is -1.87. The van der Waals surface area contributed by atoms with E-state index in [0.717, 1.165) is 12.8 Å². The molecule has 3 nitrogen and oxygen atoms in total. The lowest BCUT2D eigenvalue weighted by molar-refractivity contribution is -0.122. The van der Waals surface area contributed by atoms with Gasteiger partial charge in [-0.2, -0.15) is 0 Å². The van der Waals surface area contributed by atoms with Crippen molar-refractivity contribution >= 4 is 16.7 Å². The summed E-state index contributed by atoms with van der Waals surface area (Å²) in [6.45, 7) is 2.27. The van der Waals surface area contributed by atoms with Crippen molar-refractivity contribution in [2.45, 2.75) is 32.3 Å². The first-order chi connectivity index (χ1) is 9.65. The number of aliphatic hydroxyl groups excluding tert-OH is 1. The van der Waals surface area contributed by atoms with Crippen molar-refractivity contribution in [3.8, 4) is 0 Å². The van der Waals surface area contributed by atoms with Crippen LogP contribution in [0, 0.1) is 0 Å². The minimum Gasteiger partial charge on any atom is -0.393 e. The molecule has 0 radical (unpaired) electrons. The molecule has 0 heterocycles. The standard InChI is InChI=1S/C17H21NO2/c1-13(19)11-17(20)18-10-4-5-14-8-9-15-6-2-3-7-16(15)12-14/h2-3,6-9,12-13,19H,4-5,10-11H2,1H3,(H,18,20).